The third kappa shape index (κ3) is 5.91. The van der Waals surface area contributed by atoms with Gasteiger partial charge >= 0.3 is 16.5 Å². The van der Waals surface area contributed by atoms with E-state index in [9.17, 15) is 5.41 Å². The van der Waals surface area contributed by atoms with Gasteiger partial charge in [-0.1, -0.05) is 72.6 Å². The number of aliphatic imine (C=N–C) groups is 3. The Kier molecular flexibility index (Phi) is 11.2. The molecule has 0 aliphatic carbocycles. The third-order valence-corrected chi connectivity index (χ3v) is 9.31. The van der Waals surface area contributed by atoms with Crippen molar-refractivity contribution < 1.29 is 16.5 Å². The van der Waals surface area contributed by atoms with Crippen LogP contribution in [0.3, 0.4) is 0 Å². The molecule has 1 aromatic heterocycles. The topological polar surface area (TPSA) is 73.5 Å². The van der Waals surface area contributed by atoms with Gasteiger partial charge in [0, 0.05) is 0 Å². The number of hydrogen-bond acceptors (Lipinski definition) is 3. The number of aromatic nitrogens is 1. The first-order chi connectivity index (χ1) is 21.4. The Morgan fingerprint density at radius 1 is 0.600 bits per heavy atom. The van der Waals surface area contributed by atoms with Crippen LogP contribution in [0.5, 0.6) is 0 Å². The average Bonchev–Trinajstić information content (AvgIpc) is 3.76. The van der Waals surface area contributed by atoms with Gasteiger partial charge in [-0.15, -0.1) is 11.4 Å². The van der Waals surface area contributed by atoms with Crippen LogP contribution in [-0.4, -0.2) is 23.0 Å². The number of fused-ring (bicyclic) bond motifs is 5. The van der Waals surface area contributed by atoms with Crippen LogP contribution in [0, 0.1) is 0 Å². The molecule has 5 rings (SSSR count). The first kappa shape index (κ1) is 34.3. The van der Waals surface area contributed by atoms with Crippen molar-refractivity contribution in [2.75, 3.05) is 0 Å². The van der Waals surface area contributed by atoms with Crippen molar-refractivity contribution in [1.82, 2.24) is 4.98 Å². The maximum atomic E-state index is 9.64. The molecule has 6 heteroatoms. The number of nitrogens with zero attached hydrogens (tertiary/aromatic N) is 5. The van der Waals surface area contributed by atoms with Gasteiger partial charge in [-0.2, -0.15) is 0 Å². The fourth-order valence-electron chi connectivity index (χ4n) is 7.32. The summed E-state index contributed by atoms with van der Waals surface area (Å²) in [5, 5.41) is 9.64. The van der Waals surface area contributed by atoms with Crippen LogP contribution in [0.25, 0.3) is 17.1 Å². The molecule has 5 nitrogen and oxygen atoms in total. The van der Waals surface area contributed by atoms with Crippen LogP contribution < -0.4 is 4.98 Å². The van der Waals surface area contributed by atoms with Crippen molar-refractivity contribution in [3.05, 3.63) is 103 Å². The van der Waals surface area contributed by atoms with Gasteiger partial charge in [0.25, 0.3) is 0 Å². The standard InChI is InChI=1S/C39H45N5.Ni/c1-9-23-25(11-3)34-21-36-27(13-5)29(15-7)38(43-36)31(18-17-19-40)39-30(16-8)28(14-6)37(44-39)22-35-26(12-4)24(10-2)33(42-35)20-32(23)41-34;/h17-18,20-22H,9-16H2,1-8H3;/q-2;+2/b31-18-,33-20?,34-21?,37-22?;. The van der Waals surface area contributed by atoms with Gasteiger partial charge in [0.05, 0.1) is 34.2 Å². The molecule has 0 aromatic carbocycles. The largest absolute Gasteiger partial charge is 2.00 e. The molecule has 45 heavy (non-hydrogen) atoms. The van der Waals surface area contributed by atoms with Gasteiger partial charge in [0.2, 0.25) is 0 Å². The molecule has 0 saturated carbocycles. The minimum atomic E-state index is 0. The number of rotatable bonds is 9. The Morgan fingerprint density at radius 2 is 1.07 bits per heavy atom. The minimum Gasteiger partial charge on any atom is -0.763 e. The molecule has 0 unspecified atom stereocenters. The monoisotopic (exact) mass is 641 g/mol. The Hall–Kier alpha value is -3.59. The molecule has 4 aliphatic heterocycles. The molecule has 236 valence electrons. The zero-order valence-corrected chi connectivity index (χ0v) is 29.1. The van der Waals surface area contributed by atoms with Crippen molar-refractivity contribution in [1.29, 1.82) is 0 Å². The van der Waals surface area contributed by atoms with E-state index in [1.165, 1.54) is 44.6 Å². The normalized spacial score (nSPS) is 18.4. The second kappa shape index (κ2) is 14.7. The summed E-state index contributed by atoms with van der Waals surface area (Å²) in [6.07, 6.45) is 17.2. The van der Waals surface area contributed by atoms with Gasteiger partial charge in [-0.3, -0.25) is 5.87 Å². The van der Waals surface area contributed by atoms with E-state index in [1.807, 2.05) is 6.08 Å². The Morgan fingerprint density at radius 3 is 1.53 bits per heavy atom. The van der Waals surface area contributed by atoms with Crippen LogP contribution in [0.15, 0.2) is 89.8 Å². The molecule has 0 amide bonds. The van der Waals surface area contributed by atoms with E-state index in [2.05, 4.69) is 79.5 Å². The molecular formula is C39H45N5Ni. The molecule has 5 heterocycles. The summed E-state index contributed by atoms with van der Waals surface area (Å²) in [5.74, 6) is 2.23. The van der Waals surface area contributed by atoms with Crippen LogP contribution in [0.2, 0.25) is 0 Å². The summed E-state index contributed by atoms with van der Waals surface area (Å²) in [4.78, 5) is 21.2. The zero-order chi connectivity index (χ0) is 31.5. The minimum absolute atomic E-state index is 0. The third-order valence-electron chi connectivity index (χ3n) is 9.31. The maximum Gasteiger partial charge on any atom is 2.00 e. The van der Waals surface area contributed by atoms with Crippen molar-refractivity contribution >= 4 is 34.7 Å². The average molecular weight is 643 g/mol. The quantitative estimate of drug-likeness (QED) is 0.195. The molecule has 0 atom stereocenters. The molecule has 0 N–H and O–H groups in total. The van der Waals surface area contributed by atoms with E-state index in [1.54, 1.807) is 6.08 Å². The molecule has 8 bridgehead atoms. The van der Waals surface area contributed by atoms with Crippen LogP contribution in [0.4, 0.5) is 0 Å². The van der Waals surface area contributed by atoms with Gasteiger partial charge in [0.1, 0.15) is 0 Å². The summed E-state index contributed by atoms with van der Waals surface area (Å²) in [5.41, 5.74) is 18.9. The van der Waals surface area contributed by atoms with Crippen molar-refractivity contribution in [3.8, 4) is 0 Å². The molecule has 1 aromatic rings. The van der Waals surface area contributed by atoms with E-state index in [4.69, 9.17) is 20.0 Å². The van der Waals surface area contributed by atoms with E-state index in [0.29, 0.717) is 0 Å². The van der Waals surface area contributed by atoms with Crippen LogP contribution in [-0.2, 0) is 29.3 Å². The molecule has 0 radical (unpaired) electrons. The second-order valence-electron chi connectivity index (χ2n) is 11.4. The Balaban J connectivity index is 0.00000461. The molecular weight excluding hydrogens is 597 g/mol. The van der Waals surface area contributed by atoms with E-state index >= 15 is 0 Å². The SMILES string of the molecule is CCC1=C(CC)C2=NC1=Cc1[n-]c(c(CC)c1CC)/C(=C/C=C=[N-])C1=NC(=CC3=NC(=C2)C(CC)=C3CC)C(CC)=C1CC.[Ni+2]. The van der Waals surface area contributed by atoms with Crippen LogP contribution in [0.1, 0.15) is 116 Å². The van der Waals surface area contributed by atoms with E-state index in [0.717, 1.165) is 103 Å². The van der Waals surface area contributed by atoms with Gasteiger partial charge in [0.15, 0.2) is 0 Å². The van der Waals surface area contributed by atoms with Gasteiger partial charge < -0.3 is 10.4 Å². The fourth-order valence-corrected chi connectivity index (χ4v) is 7.32. The van der Waals surface area contributed by atoms with Gasteiger partial charge in [-0.25, -0.2) is 15.0 Å². The summed E-state index contributed by atoms with van der Waals surface area (Å²) >= 11 is 0. The zero-order valence-electron chi connectivity index (χ0n) is 28.1. The summed E-state index contributed by atoms with van der Waals surface area (Å²) in [6.45, 7) is 17.7. The fraction of sp³-hybridized carbons (Fsp3) is 0.410. The van der Waals surface area contributed by atoms with Crippen molar-refractivity contribution in [3.63, 3.8) is 0 Å². The van der Waals surface area contributed by atoms with Crippen molar-refractivity contribution in [2.24, 2.45) is 15.0 Å². The molecule has 0 saturated heterocycles. The number of hydrogen-bond donors (Lipinski definition) is 0. The molecule has 0 fully saturated rings. The predicted octanol–water partition coefficient (Wildman–Crippen LogP) is 9.78. The Bertz CT molecular complexity index is 1760. The molecule has 4 aliphatic rings. The van der Waals surface area contributed by atoms with Gasteiger partial charge in [-0.05, 0) is 115 Å². The maximum absolute atomic E-state index is 9.64. The first-order valence-electron chi connectivity index (χ1n) is 16.6. The summed E-state index contributed by atoms with van der Waals surface area (Å²) < 4.78 is 0. The molecule has 0 spiro atoms. The van der Waals surface area contributed by atoms with Crippen molar-refractivity contribution in [2.45, 2.75) is 107 Å². The Labute approximate surface area is 279 Å². The smallest absolute Gasteiger partial charge is 0.763 e. The first-order valence-corrected chi connectivity index (χ1v) is 16.6. The predicted molar refractivity (Wildman–Crippen MR) is 189 cm³/mol. The van der Waals surface area contributed by atoms with Crippen LogP contribution >= 0.6 is 0 Å². The summed E-state index contributed by atoms with van der Waals surface area (Å²) in [7, 11) is 0. The number of allylic oxidation sites excluding steroid dienone is 11. The van der Waals surface area contributed by atoms with E-state index in [-0.39, 0.29) is 16.5 Å². The van der Waals surface area contributed by atoms with E-state index < -0.39 is 0 Å². The second-order valence-corrected chi connectivity index (χ2v) is 11.4. The summed E-state index contributed by atoms with van der Waals surface area (Å²) in [6, 6.07) is 0.